The predicted octanol–water partition coefficient (Wildman–Crippen LogP) is 2.01. The van der Waals surface area contributed by atoms with Crippen molar-refractivity contribution in [1.82, 2.24) is 9.55 Å². The molecule has 2 rings (SSSR count). The second-order valence-electron chi connectivity index (χ2n) is 4.17. The van der Waals surface area contributed by atoms with E-state index >= 15 is 0 Å². The first-order valence-electron chi connectivity index (χ1n) is 5.46. The summed E-state index contributed by atoms with van der Waals surface area (Å²) >= 11 is 0. The molecule has 16 heavy (non-hydrogen) atoms. The van der Waals surface area contributed by atoms with Gasteiger partial charge in [0.1, 0.15) is 0 Å². The van der Waals surface area contributed by atoms with Crippen LogP contribution in [0.2, 0.25) is 0 Å². The molecule has 0 fully saturated rings. The van der Waals surface area contributed by atoms with Gasteiger partial charge in [-0.2, -0.15) is 0 Å². The first-order valence-corrected chi connectivity index (χ1v) is 5.46. The lowest BCUT2D eigenvalue weighted by Gasteiger charge is -2.07. The number of imidazole rings is 1. The average molecular weight is 215 g/mol. The quantitative estimate of drug-likeness (QED) is 0.851. The van der Waals surface area contributed by atoms with Crippen LogP contribution in [-0.2, 0) is 13.1 Å². The van der Waals surface area contributed by atoms with Gasteiger partial charge < -0.3 is 10.3 Å². The van der Waals surface area contributed by atoms with Crippen LogP contribution < -0.4 is 5.73 Å². The Bertz CT molecular complexity index is 486. The van der Waals surface area contributed by atoms with Crippen molar-refractivity contribution in [3.8, 4) is 0 Å². The number of benzene rings is 1. The molecule has 0 bridgehead atoms. The van der Waals surface area contributed by atoms with Gasteiger partial charge >= 0.3 is 0 Å². The predicted molar refractivity (Wildman–Crippen MR) is 65.1 cm³/mol. The van der Waals surface area contributed by atoms with E-state index < -0.39 is 0 Å². The van der Waals surface area contributed by atoms with Crippen LogP contribution in [0, 0.1) is 13.8 Å². The van der Waals surface area contributed by atoms with Crippen molar-refractivity contribution in [2.24, 2.45) is 5.73 Å². The fourth-order valence-electron chi connectivity index (χ4n) is 1.82. The normalized spacial score (nSPS) is 10.7. The molecule has 2 N–H and O–H groups in total. The third-order valence-electron chi connectivity index (χ3n) is 2.75. The monoisotopic (exact) mass is 215 g/mol. The molecule has 0 unspecified atom stereocenters. The molecule has 0 radical (unpaired) electrons. The van der Waals surface area contributed by atoms with E-state index in [1.165, 1.54) is 16.7 Å². The maximum Gasteiger partial charge on any atom is 0.0953 e. The summed E-state index contributed by atoms with van der Waals surface area (Å²) < 4.78 is 2.07. The summed E-state index contributed by atoms with van der Waals surface area (Å²) in [5.41, 5.74) is 10.4. The summed E-state index contributed by atoms with van der Waals surface area (Å²) in [5, 5.41) is 0. The molecular formula is C13H17N3. The summed E-state index contributed by atoms with van der Waals surface area (Å²) in [6, 6.07) is 6.52. The number of nitrogens with zero attached hydrogens (tertiary/aromatic N) is 2. The molecule has 0 aliphatic rings. The van der Waals surface area contributed by atoms with Gasteiger partial charge in [0.15, 0.2) is 0 Å². The van der Waals surface area contributed by atoms with Gasteiger partial charge in [-0.3, -0.25) is 0 Å². The first-order chi connectivity index (χ1) is 7.69. The zero-order chi connectivity index (χ0) is 11.5. The van der Waals surface area contributed by atoms with Crippen molar-refractivity contribution in [3.05, 3.63) is 53.1 Å². The van der Waals surface area contributed by atoms with E-state index in [0.29, 0.717) is 6.54 Å². The largest absolute Gasteiger partial charge is 0.333 e. The van der Waals surface area contributed by atoms with Crippen LogP contribution in [0.1, 0.15) is 22.4 Å². The summed E-state index contributed by atoms with van der Waals surface area (Å²) in [4.78, 5) is 4.22. The van der Waals surface area contributed by atoms with Gasteiger partial charge in [-0.25, -0.2) is 4.98 Å². The minimum absolute atomic E-state index is 0.500. The van der Waals surface area contributed by atoms with Crippen LogP contribution in [0.25, 0.3) is 0 Å². The Morgan fingerprint density at radius 3 is 2.75 bits per heavy atom. The van der Waals surface area contributed by atoms with Crippen LogP contribution in [0.3, 0.4) is 0 Å². The van der Waals surface area contributed by atoms with E-state index in [2.05, 4.69) is 41.6 Å². The minimum Gasteiger partial charge on any atom is -0.333 e. The van der Waals surface area contributed by atoms with E-state index in [9.17, 15) is 0 Å². The van der Waals surface area contributed by atoms with Gasteiger partial charge in [-0.05, 0) is 25.0 Å². The Kier molecular flexibility index (Phi) is 3.06. The molecule has 0 saturated carbocycles. The zero-order valence-electron chi connectivity index (χ0n) is 9.77. The third kappa shape index (κ3) is 2.31. The molecule has 0 amide bonds. The van der Waals surface area contributed by atoms with E-state index in [1.54, 1.807) is 0 Å². The summed E-state index contributed by atoms with van der Waals surface area (Å²) in [6.45, 7) is 5.61. The molecule has 84 valence electrons. The van der Waals surface area contributed by atoms with Crippen LogP contribution in [0.15, 0.2) is 30.7 Å². The van der Waals surface area contributed by atoms with E-state index in [4.69, 9.17) is 5.73 Å². The lowest BCUT2D eigenvalue weighted by Crippen LogP contribution is -2.00. The van der Waals surface area contributed by atoms with Crippen LogP contribution in [0.4, 0.5) is 0 Å². The van der Waals surface area contributed by atoms with Crippen molar-refractivity contribution in [1.29, 1.82) is 0 Å². The standard InChI is InChI=1S/C13H17N3/c1-10-3-4-12(11(2)5-10)7-16-8-13(6-14)15-9-16/h3-5,8-9H,6-7,14H2,1-2H3. The van der Waals surface area contributed by atoms with Gasteiger partial charge in [0.05, 0.1) is 12.0 Å². The van der Waals surface area contributed by atoms with E-state index in [1.807, 2.05) is 12.5 Å². The van der Waals surface area contributed by atoms with Crippen molar-refractivity contribution >= 4 is 0 Å². The maximum atomic E-state index is 5.53. The smallest absolute Gasteiger partial charge is 0.0953 e. The van der Waals surface area contributed by atoms with Gasteiger partial charge in [0.25, 0.3) is 0 Å². The second kappa shape index (κ2) is 4.49. The number of rotatable bonds is 3. The Morgan fingerprint density at radius 2 is 2.12 bits per heavy atom. The molecule has 0 aliphatic carbocycles. The van der Waals surface area contributed by atoms with Crippen LogP contribution in [-0.4, -0.2) is 9.55 Å². The minimum atomic E-state index is 0.500. The molecule has 1 aromatic heterocycles. The van der Waals surface area contributed by atoms with E-state index in [0.717, 1.165) is 12.2 Å². The average Bonchev–Trinajstić information content (AvgIpc) is 2.70. The van der Waals surface area contributed by atoms with Gasteiger partial charge in [0.2, 0.25) is 0 Å². The summed E-state index contributed by atoms with van der Waals surface area (Å²) in [5.74, 6) is 0. The molecule has 3 nitrogen and oxygen atoms in total. The highest BCUT2D eigenvalue weighted by Gasteiger charge is 2.01. The molecule has 0 spiro atoms. The topological polar surface area (TPSA) is 43.8 Å². The first kappa shape index (κ1) is 10.9. The van der Waals surface area contributed by atoms with Crippen LogP contribution in [0.5, 0.6) is 0 Å². The van der Waals surface area contributed by atoms with Crippen molar-refractivity contribution < 1.29 is 0 Å². The highest BCUT2D eigenvalue weighted by Crippen LogP contribution is 2.12. The number of hydrogen-bond donors (Lipinski definition) is 1. The highest BCUT2D eigenvalue weighted by atomic mass is 15.0. The lowest BCUT2D eigenvalue weighted by atomic mass is 10.1. The lowest BCUT2D eigenvalue weighted by molar-refractivity contribution is 0.790. The Hall–Kier alpha value is -1.61. The van der Waals surface area contributed by atoms with Gasteiger partial charge in [-0.15, -0.1) is 0 Å². The number of aromatic nitrogens is 2. The summed E-state index contributed by atoms with van der Waals surface area (Å²) in [7, 11) is 0. The molecular weight excluding hydrogens is 198 g/mol. The fraction of sp³-hybridized carbons (Fsp3) is 0.308. The van der Waals surface area contributed by atoms with Crippen molar-refractivity contribution in [2.45, 2.75) is 26.9 Å². The van der Waals surface area contributed by atoms with Crippen molar-refractivity contribution in [2.75, 3.05) is 0 Å². The zero-order valence-corrected chi connectivity index (χ0v) is 9.77. The Labute approximate surface area is 95.9 Å². The van der Waals surface area contributed by atoms with Crippen LogP contribution >= 0.6 is 0 Å². The molecule has 0 atom stereocenters. The van der Waals surface area contributed by atoms with Gasteiger partial charge in [0, 0.05) is 19.3 Å². The number of aryl methyl sites for hydroxylation is 2. The molecule has 1 aromatic carbocycles. The molecule has 3 heteroatoms. The second-order valence-corrected chi connectivity index (χ2v) is 4.17. The Balaban J connectivity index is 2.20. The maximum absolute atomic E-state index is 5.53. The molecule has 0 aliphatic heterocycles. The third-order valence-corrected chi connectivity index (χ3v) is 2.75. The highest BCUT2D eigenvalue weighted by molar-refractivity contribution is 5.30. The SMILES string of the molecule is Cc1ccc(Cn2cnc(CN)c2)c(C)c1. The Morgan fingerprint density at radius 1 is 1.31 bits per heavy atom. The molecule has 0 saturated heterocycles. The summed E-state index contributed by atoms with van der Waals surface area (Å²) in [6.07, 6.45) is 3.83. The van der Waals surface area contributed by atoms with Gasteiger partial charge in [-0.1, -0.05) is 23.8 Å². The fourth-order valence-corrected chi connectivity index (χ4v) is 1.82. The molecule has 1 heterocycles. The number of hydrogen-bond acceptors (Lipinski definition) is 2. The number of nitrogens with two attached hydrogens (primary N) is 1. The van der Waals surface area contributed by atoms with Crippen molar-refractivity contribution in [3.63, 3.8) is 0 Å². The molecule has 2 aromatic rings. The van der Waals surface area contributed by atoms with E-state index in [-0.39, 0.29) is 0 Å².